The van der Waals surface area contributed by atoms with Gasteiger partial charge in [0.2, 0.25) is 5.91 Å². The summed E-state index contributed by atoms with van der Waals surface area (Å²) >= 11 is 1.46. The quantitative estimate of drug-likeness (QED) is 0.731. The van der Waals surface area contributed by atoms with Gasteiger partial charge in [0.1, 0.15) is 17.9 Å². The van der Waals surface area contributed by atoms with Crippen molar-refractivity contribution in [2.75, 3.05) is 6.54 Å². The lowest BCUT2D eigenvalue weighted by Gasteiger charge is -2.22. The molecule has 146 valence electrons. The molecule has 0 spiro atoms. The van der Waals surface area contributed by atoms with Crippen LogP contribution in [0.3, 0.4) is 0 Å². The molecular weight excluding hydrogens is 381 g/mol. The van der Waals surface area contributed by atoms with Gasteiger partial charge in [-0.05, 0) is 54.8 Å². The van der Waals surface area contributed by atoms with Gasteiger partial charge in [0.25, 0.3) is 5.91 Å². The van der Waals surface area contributed by atoms with E-state index in [1.165, 1.54) is 23.5 Å². The van der Waals surface area contributed by atoms with Crippen LogP contribution >= 0.6 is 11.3 Å². The molecule has 6 nitrogen and oxygen atoms in total. The number of hydrogen-bond acceptors (Lipinski definition) is 4. The standard InChI is InChI=1S/C20H20FN3O3S/c1-20(13-6-7-13)18(26)24(19(27)23-20)11-16(25)22-17(15-3-2-10-28-15)12-4-8-14(21)9-5-12/h2-5,8-10,13,17H,6-7,11H2,1H3,(H,22,25)(H,23,27). The van der Waals surface area contributed by atoms with Crippen LogP contribution in [0.5, 0.6) is 0 Å². The van der Waals surface area contributed by atoms with Crippen molar-refractivity contribution in [1.82, 2.24) is 15.5 Å². The fraction of sp³-hybridized carbons (Fsp3) is 0.350. The summed E-state index contributed by atoms with van der Waals surface area (Å²) in [5.74, 6) is -1.04. The Labute approximate surface area is 165 Å². The number of halogens is 1. The summed E-state index contributed by atoms with van der Waals surface area (Å²) in [5, 5.41) is 7.49. The molecule has 2 aliphatic rings. The van der Waals surface area contributed by atoms with Crippen LogP contribution in [0.4, 0.5) is 9.18 Å². The molecule has 2 atom stereocenters. The number of nitrogens with one attached hydrogen (secondary N) is 2. The molecule has 4 amide bonds. The van der Waals surface area contributed by atoms with Gasteiger partial charge in [0.05, 0.1) is 6.04 Å². The largest absolute Gasteiger partial charge is 0.343 e. The van der Waals surface area contributed by atoms with Crippen LogP contribution in [-0.2, 0) is 9.59 Å². The average Bonchev–Trinajstić information content (AvgIpc) is 3.35. The number of nitrogens with zero attached hydrogens (tertiary/aromatic N) is 1. The van der Waals surface area contributed by atoms with E-state index in [9.17, 15) is 18.8 Å². The second kappa shape index (κ2) is 7.01. The van der Waals surface area contributed by atoms with Crippen molar-refractivity contribution >= 4 is 29.2 Å². The van der Waals surface area contributed by atoms with E-state index in [0.29, 0.717) is 0 Å². The molecule has 1 saturated heterocycles. The molecule has 28 heavy (non-hydrogen) atoms. The highest BCUT2D eigenvalue weighted by Gasteiger charge is 2.56. The Morgan fingerprint density at radius 3 is 2.64 bits per heavy atom. The van der Waals surface area contributed by atoms with Crippen molar-refractivity contribution in [2.24, 2.45) is 5.92 Å². The Morgan fingerprint density at radius 2 is 2.04 bits per heavy atom. The number of rotatable bonds is 6. The first-order valence-electron chi connectivity index (χ1n) is 9.11. The molecule has 4 rings (SSSR count). The van der Waals surface area contributed by atoms with Crippen LogP contribution in [0.2, 0.25) is 0 Å². The van der Waals surface area contributed by atoms with Gasteiger partial charge in [-0.2, -0.15) is 0 Å². The molecule has 1 saturated carbocycles. The van der Waals surface area contributed by atoms with E-state index >= 15 is 0 Å². The minimum Gasteiger partial charge on any atom is -0.343 e. The second-order valence-electron chi connectivity index (χ2n) is 7.37. The van der Waals surface area contributed by atoms with Gasteiger partial charge in [0.15, 0.2) is 0 Å². The SMILES string of the molecule is CC1(C2CC2)NC(=O)N(CC(=O)NC(c2ccc(F)cc2)c2cccs2)C1=O. The molecular formula is C20H20FN3O3S. The summed E-state index contributed by atoms with van der Waals surface area (Å²) in [6, 6.07) is 8.60. The van der Waals surface area contributed by atoms with E-state index in [2.05, 4.69) is 10.6 Å². The van der Waals surface area contributed by atoms with Crippen molar-refractivity contribution in [3.05, 3.63) is 58.0 Å². The number of hydrogen-bond donors (Lipinski definition) is 2. The molecule has 1 aromatic heterocycles. The van der Waals surface area contributed by atoms with Gasteiger partial charge in [-0.3, -0.25) is 14.5 Å². The van der Waals surface area contributed by atoms with Crippen LogP contribution in [-0.4, -0.2) is 34.8 Å². The number of carbonyl (C=O) groups excluding carboxylic acids is 3. The van der Waals surface area contributed by atoms with Crippen LogP contribution in [0.15, 0.2) is 41.8 Å². The van der Waals surface area contributed by atoms with E-state index < -0.39 is 23.5 Å². The maximum absolute atomic E-state index is 13.3. The first-order chi connectivity index (χ1) is 13.4. The van der Waals surface area contributed by atoms with Crippen LogP contribution < -0.4 is 10.6 Å². The number of urea groups is 1. The third kappa shape index (κ3) is 3.40. The molecule has 8 heteroatoms. The molecule has 1 aliphatic carbocycles. The highest BCUT2D eigenvalue weighted by atomic mass is 32.1. The number of imide groups is 1. The molecule has 1 aliphatic heterocycles. The fourth-order valence-electron chi connectivity index (χ4n) is 3.58. The normalized spacial score (nSPS) is 22.9. The highest BCUT2D eigenvalue weighted by Crippen LogP contribution is 2.42. The number of carbonyl (C=O) groups is 3. The summed E-state index contributed by atoms with van der Waals surface area (Å²) in [6.45, 7) is 1.37. The third-order valence-corrected chi connectivity index (χ3v) is 6.27. The zero-order valence-electron chi connectivity index (χ0n) is 15.3. The topological polar surface area (TPSA) is 78.5 Å². The van der Waals surface area contributed by atoms with E-state index in [-0.39, 0.29) is 24.2 Å². The van der Waals surface area contributed by atoms with E-state index in [1.54, 1.807) is 19.1 Å². The minimum atomic E-state index is -0.915. The second-order valence-corrected chi connectivity index (χ2v) is 8.34. The Hall–Kier alpha value is -2.74. The van der Waals surface area contributed by atoms with E-state index in [4.69, 9.17) is 0 Å². The number of thiophene rings is 1. The van der Waals surface area contributed by atoms with Crippen molar-refractivity contribution in [1.29, 1.82) is 0 Å². The fourth-order valence-corrected chi connectivity index (χ4v) is 4.38. The van der Waals surface area contributed by atoms with Crippen LogP contribution in [0.1, 0.15) is 36.2 Å². The number of amides is 4. The lowest BCUT2D eigenvalue weighted by atomic mass is 9.96. The third-order valence-electron chi connectivity index (χ3n) is 5.33. The van der Waals surface area contributed by atoms with Crippen LogP contribution in [0, 0.1) is 11.7 Å². The minimum absolute atomic E-state index is 0.134. The lowest BCUT2D eigenvalue weighted by Crippen LogP contribution is -2.47. The number of benzene rings is 1. The average molecular weight is 401 g/mol. The van der Waals surface area contributed by atoms with Gasteiger partial charge >= 0.3 is 6.03 Å². The molecule has 2 unspecified atom stereocenters. The van der Waals surface area contributed by atoms with Gasteiger partial charge in [-0.25, -0.2) is 9.18 Å². The summed E-state index contributed by atoms with van der Waals surface area (Å²) in [7, 11) is 0. The van der Waals surface area contributed by atoms with Gasteiger partial charge in [-0.1, -0.05) is 18.2 Å². The van der Waals surface area contributed by atoms with E-state index in [1.807, 2.05) is 17.5 Å². The van der Waals surface area contributed by atoms with E-state index in [0.717, 1.165) is 28.2 Å². The molecule has 2 heterocycles. The smallest absolute Gasteiger partial charge is 0.325 e. The predicted octanol–water partition coefficient (Wildman–Crippen LogP) is 2.81. The maximum atomic E-state index is 13.3. The summed E-state index contributed by atoms with van der Waals surface area (Å²) in [6.07, 6.45) is 1.79. The Balaban J connectivity index is 1.50. The maximum Gasteiger partial charge on any atom is 0.325 e. The highest BCUT2D eigenvalue weighted by molar-refractivity contribution is 7.10. The monoisotopic (exact) mass is 401 g/mol. The zero-order chi connectivity index (χ0) is 19.9. The predicted molar refractivity (Wildman–Crippen MR) is 102 cm³/mol. The van der Waals surface area contributed by atoms with Crippen molar-refractivity contribution in [3.8, 4) is 0 Å². The summed E-state index contributed by atoms with van der Waals surface area (Å²) in [5.41, 5.74) is -0.196. The van der Waals surface area contributed by atoms with Crippen LogP contribution in [0.25, 0.3) is 0 Å². The Morgan fingerprint density at radius 1 is 1.32 bits per heavy atom. The van der Waals surface area contributed by atoms with Gasteiger partial charge in [0, 0.05) is 4.88 Å². The van der Waals surface area contributed by atoms with Crippen molar-refractivity contribution < 1.29 is 18.8 Å². The zero-order valence-corrected chi connectivity index (χ0v) is 16.1. The molecule has 0 radical (unpaired) electrons. The molecule has 2 aromatic rings. The van der Waals surface area contributed by atoms with Crippen molar-refractivity contribution in [2.45, 2.75) is 31.3 Å². The van der Waals surface area contributed by atoms with Gasteiger partial charge < -0.3 is 10.6 Å². The molecule has 1 aromatic carbocycles. The van der Waals surface area contributed by atoms with Gasteiger partial charge in [-0.15, -0.1) is 11.3 Å². The lowest BCUT2D eigenvalue weighted by molar-refractivity contribution is -0.135. The molecule has 0 bridgehead atoms. The summed E-state index contributed by atoms with van der Waals surface area (Å²) < 4.78 is 13.3. The first kappa shape index (κ1) is 18.6. The Kier molecular flexibility index (Phi) is 4.66. The molecule has 2 N–H and O–H groups in total. The van der Waals surface area contributed by atoms with Crippen molar-refractivity contribution in [3.63, 3.8) is 0 Å². The molecule has 2 fully saturated rings. The first-order valence-corrected chi connectivity index (χ1v) is 9.99. The Bertz CT molecular complexity index is 911. The summed E-state index contributed by atoms with van der Waals surface area (Å²) in [4.78, 5) is 39.5.